The highest BCUT2D eigenvalue weighted by Crippen LogP contribution is 2.34. The molecule has 2 aromatic heterocycles. The number of thioether (sulfide) groups is 1. The molecule has 0 aliphatic rings. The minimum absolute atomic E-state index is 0.277. The van der Waals surface area contributed by atoms with E-state index in [-0.39, 0.29) is 11.2 Å². The van der Waals surface area contributed by atoms with Gasteiger partial charge in [-0.25, -0.2) is 0 Å². The van der Waals surface area contributed by atoms with E-state index >= 15 is 0 Å². The van der Waals surface area contributed by atoms with E-state index in [1.165, 1.54) is 18.9 Å². The van der Waals surface area contributed by atoms with Gasteiger partial charge in [0.25, 0.3) is 0 Å². The number of para-hydroxylation sites is 1. The number of hydrogen-bond donors (Lipinski definition) is 1. The maximum atomic E-state index is 12.2. The van der Waals surface area contributed by atoms with Crippen LogP contribution in [0.5, 0.6) is 5.75 Å². The summed E-state index contributed by atoms with van der Waals surface area (Å²) >= 11 is 1.35. The molecule has 2 aromatic carbocycles. The van der Waals surface area contributed by atoms with Crippen LogP contribution in [0.25, 0.3) is 28.0 Å². The molecular weight excluding hydrogens is 400 g/mol. The molecule has 0 saturated carbocycles. The molecule has 0 amide bonds. The summed E-state index contributed by atoms with van der Waals surface area (Å²) in [5.74, 6) is 1.18. The summed E-state index contributed by atoms with van der Waals surface area (Å²) < 4.78 is 12.2. The number of carbonyl (C=O) groups excluding carboxylic acids is 1. The van der Waals surface area contributed by atoms with Gasteiger partial charge in [0.15, 0.2) is 11.0 Å². The molecule has 30 heavy (non-hydrogen) atoms. The molecule has 1 N–H and O–H groups in total. The zero-order valence-electron chi connectivity index (χ0n) is 17.0. The van der Waals surface area contributed by atoms with Crippen molar-refractivity contribution in [2.45, 2.75) is 23.8 Å². The van der Waals surface area contributed by atoms with Gasteiger partial charge in [0.05, 0.1) is 14.2 Å². The molecule has 4 rings (SSSR count). The van der Waals surface area contributed by atoms with Crippen LogP contribution in [-0.4, -0.2) is 45.2 Å². The molecule has 1 unspecified atom stereocenters. The Labute approximate surface area is 178 Å². The SMILES string of the molecule is CCC(Sc1nnc(-c2c[nH]c3ccccc23)n1-c1ccc(OC)cc1)C(=O)OC. The number of aromatic nitrogens is 4. The second-order valence-electron chi connectivity index (χ2n) is 6.63. The van der Waals surface area contributed by atoms with Crippen molar-refractivity contribution in [3.8, 4) is 22.8 Å². The van der Waals surface area contributed by atoms with Crippen LogP contribution >= 0.6 is 11.8 Å². The van der Waals surface area contributed by atoms with Gasteiger partial charge >= 0.3 is 5.97 Å². The van der Waals surface area contributed by atoms with Crippen molar-refractivity contribution < 1.29 is 14.3 Å². The van der Waals surface area contributed by atoms with Crippen molar-refractivity contribution in [2.75, 3.05) is 14.2 Å². The summed E-state index contributed by atoms with van der Waals surface area (Å²) in [7, 11) is 3.03. The molecule has 0 aliphatic heterocycles. The second kappa shape index (κ2) is 8.62. The van der Waals surface area contributed by atoms with Crippen molar-refractivity contribution in [3.05, 3.63) is 54.7 Å². The maximum absolute atomic E-state index is 12.2. The molecule has 0 spiro atoms. The lowest BCUT2D eigenvalue weighted by Gasteiger charge is -2.14. The third-order valence-electron chi connectivity index (χ3n) is 4.88. The topological polar surface area (TPSA) is 82.0 Å². The van der Waals surface area contributed by atoms with Gasteiger partial charge in [0.2, 0.25) is 0 Å². The Bertz CT molecular complexity index is 1170. The lowest BCUT2D eigenvalue weighted by Crippen LogP contribution is -2.18. The first kappa shape index (κ1) is 20.0. The van der Waals surface area contributed by atoms with Crippen LogP contribution in [0, 0.1) is 0 Å². The van der Waals surface area contributed by atoms with Crippen LogP contribution < -0.4 is 4.74 Å². The van der Waals surface area contributed by atoms with E-state index in [0.29, 0.717) is 17.4 Å². The number of aromatic amines is 1. The first-order chi connectivity index (χ1) is 14.7. The fourth-order valence-corrected chi connectivity index (χ4v) is 4.30. The first-order valence-electron chi connectivity index (χ1n) is 9.57. The highest BCUT2D eigenvalue weighted by Gasteiger charge is 2.25. The van der Waals surface area contributed by atoms with Gasteiger partial charge in [-0.15, -0.1) is 10.2 Å². The van der Waals surface area contributed by atoms with E-state index in [9.17, 15) is 4.79 Å². The molecular formula is C22H22N4O3S. The average molecular weight is 423 g/mol. The summed E-state index contributed by atoms with van der Waals surface area (Å²) in [6.45, 7) is 1.95. The number of rotatable bonds is 7. The monoisotopic (exact) mass is 422 g/mol. The molecule has 1 atom stereocenters. The number of fused-ring (bicyclic) bond motifs is 1. The molecule has 2 heterocycles. The fourth-order valence-electron chi connectivity index (χ4n) is 3.30. The lowest BCUT2D eigenvalue weighted by molar-refractivity contribution is -0.140. The molecule has 0 fully saturated rings. The third-order valence-corrected chi connectivity index (χ3v) is 6.16. The highest BCUT2D eigenvalue weighted by atomic mass is 32.2. The van der Waals surface area contributed by atoms with Crippen molar-refractivity contribution >= 4 is 28.6 Å². The number of hydrogen-bond acceptors (Lipinski definition) is 6. The van der Waals surface area contributed by atoms with E-state index in [4.69, 9.17) is 9.47 Å². The first-order valence-corrected chi connectivity index (χ1v) is 10.4. The number of H-pyrrole nitrogens is 1. The number of benzene rings is 2. The van der Waals surface area contributed by atoms with Gasteiger partial charge in [-0.1, -0.05) is 36.9 Å². The smallest absolute Gasteiger partial charge is 0.319 e. The summed E-state index contributed by atoms with van der Waals surface area (Å²) in [5.41, 5.74) is 2.84. The number of carbonyl (C=O) groups is 1. The van der Waals surface area contributed by atoms with E-state index in [2.05, 4.69) is 15.2 Å². The van der Waals surface area contributed by atoms with Gasteiger partial charge in [0.1, 0.15) is 11.0 Å². The Morgan fingerprint density at radius 3 is 2.60 bits per heavy atom. The zero-order chi connectivity index (χ0) is 21.1. The standard InChI is InChI=1S/C22H22N4O3S/c1-4-19(21(27)29-3)30-22-25-24-20(17-13-23-18-8-6-5-7-16(17)18)26(22)14-9-11-15(28-2)12-10-14/h5-13,19,23H,4H2,1-3H3. The van der Waals surface area contributed by atoms with Crippen molar-refractivity contribution in [2.24, 2.45) is 0 Å². The zero-order valence-corrected chi connectivity index (χ0v) is 17.8. The van der Waals surface area contributed by atoms with E-state index in [0.717, 1.165) is 27.9 Å². The van der Waals surface area contributed by atoms with Crippen LogP contribution in [0.4, 0.5) is 0 Å². The molecule has 4 aromatic rings. The van der Waals surface area contributed by atoms with E-state index < -0.39 is 0 Å². The molecule has 8 heteroatoms. The van der Waals surface area contributed by atoms with E-state index in [1.54, 1.807) is 7.11 Å². The molecule has 0 bridgehead atoms. The fraction of sp³-hybridized carbons (Fsp3) is 0.227. The Hall–Kier alpha value is -3.26. The van der Waals surface area contributed by atoms with Crippen LogP contribution in [-0.2, 0) is 9.53 Å². The van der Waals surface area contributed by atoms with Gasteiger partial charge in [-0.3, -0.25) is 9.36 Å². The Morgan fingerprint density at radius 1 is 1.13 bits per heavy atom. The summed E-state index contributed by atoms with van der Waals surface area (Å²) in [6.07, 6.45) is 2.55. The molecule has 0 aliphatic carbocycles. The van der Waals surface area contributed by atoms with Gasteiger partial charge < -0.3 is 14.5 Å². The highest BCUT2D eigenvalue weighted by molar-refractivity contribution is 8.00. The maximum Gasteiger partial charge on any atom is 0.319 e. The number of ether oxygens (including phenoxy) is 2. The summed E-state index contributed by atoms with van der Waals surface area (Å²) in [4.78, 5) is 15.5. The predicted octanol–water partition coefficient (Wildman–Crippen LogP) is 4.47. The van der Waals surface area contributed by atoms with Gasteiger partial charge in [-0.2, -0.15) is 0 Å². The molecule has 0 saturated heterocycles. The van der Waals surface area contributed by atoms with Gasteiger partial charge in [0, 0.05) is 28.4 Å². The molecule has 154 valence electrons. The second-order valence-corrected chi connectivity index (χ2v) is 7.80. The van der Waals surface area contributed by atoms with Crippen molar-refractivity contribution in [1.82, 2.24) is 19.7 Å². The summed E-state index contributed by atoms with van der Waals surface area (Å²) in [5, 5.41) is 10.2. The normalized spacial score (nSPS) is 12.1. The van der Waals surface area contributed by atoms with Crippen LogP contribution in [0.3, 0.4) is 0 Å². The minimum atomic E-state index is -0.369. The van der Waals surface area contributed by atoms with E-state index in [1.807, 2.05) is 66.2 Å². The molecule has 0 radical (unpaired) electrons. The Kier molecular flexibility index (Phi) is 5.76. The quantitative estimate of drug-likeness (QED) is 0.350. The predicted molar refractivity (Wildman–Crippen MR) is 117 cm³/mol. The van der Waals surface area contributed by atoms with Crippen molar-refractivity contribution in [1.29, 1.82) is 0 Å². The number of nitrogens with one attached hydrogen (secondary N) is 1. The lowest BCUT2D eigenvalue weighted by atomic mass is 10.1. The summed E-state index contributed by atoms with van der Waals surface area (Å²) in [6, 6.07) is 15.7. The average Bonchev–Trinajstić information content (AvgIpc) is 3.40. The third kappa shape index (κ3) is 3.66. The van der Waals surface area contributed by atoms with Crippen LogP contribution in [0.1, 0.15) is 13.3 Å². The largest absolute Gasteiger partial charge is 0.497 e. The van der Waals surface area contributed by atoms with Gasteiger partial charge in [-0.05, 0) is 36.8 Å². The number of methoxy groups -OCH3 is 2. The minimum Gasteiger partial charge on any atom is -0.497 e. The number of nitrogens with zero attached hydrogens (tertiary/aromatic N) is 3. The number of esters is 1. The van der Waals surface area contributed by atoms with Crippen LogP contribution in [0.15, 0.2) is 59.9 Å². The Morgan fingerprint density at radius 2 is 1.90 bits per heavy atom. The Balaban J connectivity index is 1.86. The molecule has 7 nitrogen and oxygen atoms in total. The van der Waals surface area contributed by atoms with Crippen LogP contribution in [0.2, 0.25) is 0 Å². The van der Waals surface area contributed by atoms with Crippen molar-refractivity contribution in [3.63, 3.8) is 0 Å².